The van der Waals surface area contributed by atoms with Crippen LogP contribution in [0.15, 0.2) is 54.6 Å². The maximum Gasteiger partial charge on any atom is 0.261 e. The predicted octanol–water partition coefficient (Wildman–Crippen LogP) is 4.44. The topological polar surface area (TPSA) is 41.6 Å². The van der Waals surface area contributed by atoms with Gasteiger partial charge in [0.2, 0.25) is 0 Å². The van der Waals surface area contributed by atoms with E-state index in [4.69, 9.17) is 4.74 Å². The monoisotopic (exact) mass is 394 g/mol. The third kappa shape index (κ3) is 4.12. The molecular formula is C23H26N2O2S. The fraction of sp³-hybridized carbons (Fsp3) is 0.348. The highest BCUT2D eigenvalue weighted by molar-refractivity contribution is 7.21. The number of hydrogen-bond acceptors (Lipinski definition) is 4. The second kappa shape index (κ2) is 8.86. The third-order valence-corrected chi connectivity index (χ3v) is 6.63. The molecule has 4 nitrogen and oxygen atoms in total. The van der Waals surface area contributed by atoms with Crippen LogP contribution < -0.4 is 5.32 Å². The maximum atomic E-state index is 13.0. The summed E-state index contributed by atoms with van der Waals surface area (Å²) >= 11 is 1.55. The Hall–Kier alpha value is -2.21. The molecule has 1 aromatic heterocycles. The molecule has 0 radical (unpaired) electrons. The minimum Gasteiger partial charge on any atom is -0.380 e. The molecule has 1 N–H and O–H groups in total. The molecule has 28 heavy (non-hydrogen) atoms. The Labute approximate surface area is 170 Å². The number of likely N-dealkylation sites (tertiary alicyclic amines) is 1. The summed E-state index contributed by atoms with van der Waals surface area (Å²) in [5.74, 6) is 0.0137. The van der Waals surface area contributed by atoms with E-state index in [1.54, 1.807) is 18.4 Å². The number of fused-ring (bicyclic) bond motifs is 1. The number of benzene rings is 2. The van der Waals surface area contributed by atoms with Crippen LogP contribution in [0.3, 0.4) is 0 Å². The number of amides is 1. The first-order chi connectivity index (χ1) is 13.8. The number of thiophene rings is 1. The minimum absolute atomic E-state index is 0.0137. The van der Waals surface area contributed by atoms with Gasteiger partial charge in [0.1, 0.15) is 0 Å². The van der Waals surface area contributed by atoms with Gasteiger partial charge in [-0.05, 0) is 36.4 Å². The van der Waals surface area contributed by atoms with E-state index in [2.05, 4.69) is 46.6 Å². The molecule has 2 heterocycles. The first-order valence-electron chi connectivity index (χ1n) is 9.82. The largest absolute Gasteiger partial charge is 0.380 e. The van der Waals surface area contributed by atoms with Crippen molar-refractivity contribution < 1.29 is 9.53 Å². The fourth-order valence-electron chi connectivity index (χ4n) is 4.01. The molecule has 3 aromatic rings. The Morgan fingerprint density at radius 3 is 2.79 bits per heavy atom. The zero-order chi connectivity index (χ0) is 19.3. The van der Waals surface area contributed by atoms with Gasteiger partial charge in [-0.25, -0.2) is 0 Å². The molecule has 1 atom stereocenters. The Bertz CT molecular complexity index is 938. The molecule has 0 spiro atoms. The molecule has 1 aliphatic rings. The van der Waals surface area contributed by atoms with Gasteiger partial charge in [-0.2, -0.15) is 0 Å². The lowest BCUT2D eigenvalue weighted by atomic mass is 10.1. The summed E-state index contributed by atoms with van der Waals surface area (Å²) in [5, 5.41) is 4.31. The molecule has 0 aliphatic carbocycles. The van der Waals surface area contributed by atoms with Crippen molar-refractivity contribution in [2.24, 2.45) is 0 Å². The van der Waals surface area contributed by atoms with E-state index in [0.717, 1.165) is 40.0 Å². The number of hydrogen-bond donors (Lipinski definition) is 1. The predicted molar refractivity (Wildman–Crippen MR) is 115 cm³/mol. The fourth-order valence-corrected chi connectivity index (χ4v) is 5.14. The quantitative estimate of drug-likeness (QED) is 0.644. The van der Waals surface area contributed by atoms with Crippen LogP contribution >= 0.6 is 11.3 Å². The number of methoxy groups -OCH3 is 1. The highest BCUT2D eigenvalue weighted by atomic mass is 32.1. The smallest absolute Gasteiger partial charge is 0.261 e. The van der Waals surface area contributed by atoms with Gasteiger partial charge in [-0.1, -0.05) is 48.5 Å². The van der Waals surface area contributed by atoms with E-state index in [0.29, 0.717) is 19.2 Å². The molecule has 5 heteroatoms. The summed E-state index contributed by atoms with van der Waals surface area (Å²) in [4.78, 5) is 16.2. The van der Waals surface area contributed by atoms with Crippen LogP contribution in [0.5, 0.6) is 0 Å². The van der Waals surface area contributed by atoms with Gasteiger partial charge >= 0.3 is 0 Å². The average molecular weight is 395 g/mol. The van der Waals surface area contributed by atoms with Gasteiger partial charge in [0, 0.05) is 36.5 Å². The maximum absolute atomic E-state index is 13.0. The summed E-state index contributed by atoms with van der Waals surface area (Å²) < 4.78 is 6.50. The molecular weight excluding hydrogens is 368 g/mol. The van der Waals surface area contributed by atoms with Crippen LogP contribution in [0.1, 0.15) is 33.6 Å². The van der Waals surface area contributed by atoms with Gasteiger partial charge < -0.3 is 10.1 Å². The SMILES string of the molecule is COCc1c(C(=O)NCC2CCCN2Cc2ccccc2)sc2ccccc12. The molecule has 0 saturated carbocycles. The summed E-state index contributed by atoms with van der Waals surface area (Å²) in [5.41, 5.74) is 2.32. The van der Waals surface area contributed by atoms with E-state index < -0.39 is 0 Å². The van der Waals surface area contributed by atoms with Crippen LogP contribution in [0, 0.1) is 0 Å². The number of ether oxygens (including phenoxy) is 1. The first kappa shape index (κ1) is 19.1. The first-order valence-corrected chi connectivity index (χ1v) is 10.6. The Morgan fingerprint density at radius 1 is 1.18 bits per heavy atom. The normalized spacial score (nSPS) is 17.2. The van der Waals surface area contributed by atoms with Crippen molar-refractivity contribution in [2.45, 2.75) is 32.0 Å². The van der Waals surface area contributed by atoms with Crippen LogP contribution in [-0.4, -0.2) is 37.0 Å². The second-order valence-electron chi connectivity index (χ2n) is 7.30. The highest BCUT2D eigenvalue weighted by Crippen LogP contribution is 2.32. The lowest BCUT2D eigenvalue weighted by molar-refractivity contribution is 0.0939. The van der Waals surface area contributed by atoms with E-state index in [1.165, 1.54) is 12.0 Å². The summed E-state index contributed by atoms with van der Waals surface area (Å²) in [6.45, 7) is 3.18. The summed E-state index contributed by atoms with van der Waals surface area (Å²) in [6.07, 6.45) is 2.32. The summed E-state index contributed by atoms with van der Waals surface area (Å²) in [7, 11) is 1.67. The van der Waals surface area contributed by atoms with Crippen LogP contribution in [0.2, 0.25) is 0 Å². The van der Waals surface area contributed by atoms with E-state index in [9.17, 15) is 4.79 Å². The lowest BCUT2D eigenvalue weighted by Crippen LogP contribution is -2.39. The molecule has 4 rings (SSSR count). The van der Waals surface area contributed by atoms with E-state index in [1.807, 2.05) is 18.2 Å². The zero-order valence-electron chi connectivity index (χ0n) is 16.2. The second-order valence-corrected chi connectivity index (χ2v) is 8.35. The van der Waals surface area contributed by atoms with Gasteiger partial charge in [0.25, 0.3) is 5.91 Å². The standard InChI is InChI=1S/C23H26N2O2S/c1-27-16-20-19-11-5-6-12-21(19)28-22(20)23(26)24-14-18-10-7-13-25(18)15-17-8-3-2-4-9-17/h2-6,8-9,11-12,18H,7,10,13-16H2,1H3,(H,24,26). The van der Waals surface area contributed by atoms with Gasteiger partial charge in [-0.15, -0.1) is 11.3 Å². The molecule has 1 saturated heterocycles. The molecule has 146 valence electrons. The van der Waals surface area contributed by atoms with Crippen molar-refractivity contribution in [1.29, 1.82) is 0 Å². The minimum atomic E-state index is 0.0137. The molecule has 0 bridgehead atoms. The van der Waals surface area contributed by atoms with Gasteiger partial charge in [-0.3, -0.25) is 9.69 Å². The van der Waals surface area contributed by atoms with Crippen molar-refractivity contribution in [3.63, 3.8) is 0 Å². The van der Waals surface area contributed by atoms with Crippen LogP contribution in [-0.2, 0) is 17.9 Å². The number of carbonyl (C=O) groups is 1. The van der Waals surface area contributed by atoms with Crippen molar-refractivity contribution in [3.8, 4) is 0 Å². The number of carbonyl (C=O) groups excluding carboxylic acids is 1. The lowest BCUT2D eigenvalue weighted by Gasteiger charge is -2.24. The number of nitrogens with zero attached hydrogens (tertiary/aromatic N) is 1. The molecule has 1 aliphatic heterocycles. The Balaban J connectivity index is 1.44. The van der Waals surface area contributed by atoms with Crippen LogP contribution in [0.4, 0.5) is 0 Å². The molecule has 1 fully saturated rings. The van der Waals surface area contributed by atoms with Crippen molar-refractivity contribution >= 4 is 27.3 Å². The number of nitrogens with one attached hydrogen (secondary N) is 1. The Morgan fingerprint density at radius 2 is 1.96 bits per heavy atom. The number of rotatable bonds is 7. The van der Waals surface area contributed by atoms with E-state index >= 15 is 0 Å². The molecule has 2 aromatic carbocycles. The Kier molecular flexibility index (Phi) is 6.05. The van der Waals surface area contributed by atoms with Crippen molar-refractivity contribution in [1.82, 2.24) is 10.2 Å². The highest BCUT2D eigenvalue weighted by Gasteiger charge is 2.26. The van der Waals surface area contributed by atoms with Crippen LogP contribution in [0.25, 0.3) is 10.1 Å². The average Bonchev–Trinajstić information content (AvgIpc) is 3.32. The third-order valence-electron chi connectivity index (χ3n) is 5.42. The molecule has 1 unspecified atom stereocenters. The van der Waals surface area contributed by atoms with Crippen molar-refractivity contribution in [2.75, 3.05) is 20.2 Å². The van der Waals surface area contributed by atoms with Gasteiger partial charge in [0.05, 0.1) is 11.5 Å². The zero-order valence-corrected chi connectivity index (χ0v) is 17.0. The van der Waals surface area contributed by atoms with Crippen molar-refractivity contribution in [3.05, 3.63) is 70.6 Å². The summed E-state index contributed by atoms with van der Waals surface area (Å²) in [6, 6.07) is 19.1. The van der Waals surface area contributed by atoms with Gasteiger partial charge in [0.15, 0.2) is 0 Å². The van der Waals surface area contributed by atoms with E-state index in [-0.39, 0.29) is 5.91 Å². The molecule has 1 amide bonds.